The fraction of sp³-hybridized carbons (Fsp3) is 0.476. The largest absolute Gasteiger partial charge is 0.491 e. The third kappa shape index (κ3) is 7.23. The van der Waals surface area contributed by atoms with Gasteiger partial charge in [-0.05, 0) is 53.8 Å². The van der Waals surface area contributed by atoms with Crippen molar-refractivity contribution in [2.24, 2.45) is 4.99 Å². The molecule has 1 atom stereocenters. The molecule has 0 saturated carbocycles. The SMILES string of the molecule is CCOCCOc1cc(C)ccc1CNC(=NC)NCC(C)c1ccsc1. The molecule has 1 aromatic heterocycles. The van der Waals surface area contributed by atoms with Crippen LogP contribution in [0.4, 0.5) is 0 Å². The van der Waals surface area contributed by atoms with Gasteiger partial charge in [-0.15, -0.1) is 0 Å². The van der Waals surface area contributed by atoms with Crippen molar-refractivity contribution < 1.29 is 9.47 Å². The normalized spacial score (nSPS) is 12.7. The van der Waals surface area contributed by atoms with Gasteiger partial charge in [0.15, 0.2) is 5.96 Å². The molecule has 148 valence electrons. The Morgan fingerprint density at radius 3 is 2.78 bits per heavy atom. The van der Waals surface area contributed by atoms with Gasteiger partial charge in [0.05, 0.1) is 6.61 Å². The van der Waals surface area contributed by atoms with Crippen LogP contribution in [0.15, 0.2) is 40.0 Å². The lowest BCUT2D eigenvalue weighted by atomic mass is 10.1. The van der Waals surface area contributed by atoms with Crippen LogP contribution in [0.1, 0.15) is 36.5 Å². The zero-order valence-electron chi connectivity index (χ0n) is 16.7. The fourth-order valence-corrected chi connectivity index (χ4v) is 3.40. The molecule has 1 heterocycles. The first-order valence-corrected chi connectivity index (χ1v) is 10.3. The average molecular weight is 390 g/mol. The summed E-state index contributed by atoms with van der Waals surface area (Å²) in [6, 6.07) is 8.43. The molecule has 5 nitrogen and oxygen atoms in total. The number of aryl methyl sites for hydroxylation is 1. The van der Waals surface area contributed by atoms with E-state index in [1.165, 1.54) is 11.1 Å². The third-order valence-corrected chi connectivity index (χ3v) is 4.97. The zero-order chi connectivity index (χ0) is 19.5. The second kappa shape index (κ2) is 11.6. The van der Waals surface area contributed by atoms with E-state index in [4.69, 9.17) is 9.47 Å². The van der Waals surface area contributed by atoms with Crippen LogP contribution in [0, 0.1) is 6.92 Å². The summed E-state index contributed by atoms with van der Waals surface area (Å²) in [5.41, 5.74) is 3.63. The quantitative estimate of drug-likeness (QED) is 0.367. The molecule has 0 saturated heterocycles. The highest BCUT2D eigenvalue weighted by atomic mass is 32.1. The lowest BCUT2D eigenvalue weighted by molar-refractivity contribution is 0.110. The summed E-state index contributed by atoms with van der Waals surface area (Å²) in [4.78, 5) is 4.33. The van der Waals surface area contributed by atoms with E-state index in [-0.39, 0.29) is 0 Å². The monoisotopic (exact) mass is 389 g/mol. The predicted octanol–water partition coefficient (Wildman–Crippen LogP) is 3.94. The summed E-state index contributed by atoms with van der Waals surface area (Å²) in [6.45, 7) is 9.61. The number of guanidine groups is 1. The Morgan fingerprint density at radius 2 is 2.07 bits per heavy atom. The molecule has 0 aliphatic carbocycles. The van der Waals surface area contributed by atoms with Crippen LogP contribution in [0.3, 0.4) is 0 Å². The van der Waals surface area contributed by atoms with E-state index in [2.05, 4.69) is 64.5 Å². The van der Waals surface area contributed by atoms with E-state index < -0.39 is 0 Å². The molecule has 0 aliphatic heterocycles. The average Bonchev–Trinajstić information content (AvgIpc) is 3.21. The Morgan fingerprint density at radius 1 is 1.22 bits per heavy atom. The molecule has 0 bridgehead atoms. The summed E-state index contributed by atoms with van der Waals surface area (Å²) >= 11 is 1.73. The maximum Gasteiger partial charge on any atom is 0.191 e. The second-order valence-electron chi connectivity index (χ2n) is 6.42. The minimum atomic E-state index is 0.437. The van der Waals surface area contributed by atoms with Gasteiger partial charge in [-0.1, -0.05) is 19.1 Å². The zero-order valence-corrected chi connectivity index (χ0v) is 17.6. The minimum Gasteiger partial charge on any atom is -0.491 e. The van der Waals surface area contributed by atoms with E-state index in [1.54, 1.807) is 18.4 Å². The summed E-state index contributed by atoms with van der Waals surface area (Å²) in [5.74, 6) is 2.12. The fourth-order valence-electron chi connectivity index (χ4n) is 2.62. The molecule has 1 aromatic carbocycles. The number of hydrogen-bond donors (Lipinski definition) is 2. The molecule has 6 heteroatoms. The molecule has 2 aromatic rings. The topological polar surface area (TPSA) is 54.9 Å². The van der Waals surface area contributed by atoms with Gasteiger partial charge in [-0.2, -0.15) is 11.3 Å². The van der Waals surface area contributed by atoms with E-state index in [0.717, 1.165) is 23.8 Å². The smallest absolute Gasteiger partial charge is 0.191 e. The number of aliphatic imine (C=N–C) groups is 1. The number of nitrogens with one attached hydrogen (secondary N) is 2. The number of nitrogens with zero attached hydrogens (tertiary/aromatic N) is 1. The van der Waals surface area contributed by atoms with Crippen molar-refractivity contribution in [3.8, 4) is 5.75 Å². The van der Waals surface area contributed by atoms with Crippen LogP contribution in [0.5, 0.6) is 5.75 Å². The molecule has 1 unspecified atom stereocenters. The van der Waals surface area contributed by atoms with E-state index in [9.17, 15) is 0 Å². The first-order valence-electron chi connectivity index (χ1n) is 9.40. The standard InChI is InChI=1S/C21H31N3O2S/c1-5-25-9-10-26-20-12-16(2)6-7-18(20)14-24-21(22-4)23-13-17(3)19-8-11-27-15-19/h6-8,11-12,15,17H,5,9-10,13-14H2,1-4H3,(H2,22,23,24). The van der Waals surface area contributed by atoms with Crippen molar-refractivity contribution >= 4 is 17.3 Å². The van der Waals surface area contributed by atoms with Crippen molar-refractivity contribution in [3.05, 3.63) is 51.7 Å². The Balaban J connectivity index is 1.87. The summed E-state index contributed by atoms with van der Waals surface area (Å²) < 4.78 is 11.3. The Kier molecular flexibility index (Phi) is 9.15. The first-order chi connectivity index (χ1) is 13.1. The molecule has 0 aliphatic rings. The van der Waals surface area contributed by atoms with Crippen molar-refractivity contribution in [1.82, 2.24) is 10.6 Å². The van der Waals surface area contributed by atoms with Crippen LogP contribution in [-0.4, -0.2) is 39.4 Å². The predicted molar refractivity (Wildman–Crippen MR) is 114 cm³/mol. The van der Waals surface area contributed by atoms with Gasteiger partial charge >= 0.3 is 0 Å². The lowest BCUT2D eigenvalue weighted by Gasteiger charge is -2.17. The van der Waals surface area contributed by atoms with Crippen LogP contribution >= 0.6 is 11.3 Å². The van der Waals surface area contributed by atoms with E-state index in [1.807, 2.05) is 6.92 Å². The number of rotatable bonds is 10. The molecule has 0 radical (unpaired) electrons. The van der Waals surface area contributed by atoms with Crippen LogP contribution in [0.2, 0.25) is 0 Å². The van der Waals surface area contributed by atoms with Crippen LogP contribution in [0.25, 0.3) is 0 Å². The number of benzene rings is 1. The molecule has 27 heavy (non-hydrogen) atoms. The minimum absolute atomic E-state index is 0.437. The van der Waals surface area contributed by atoms with E-state index >= 15 is 0 Å². The van der Waals surface area contributed by atoms with Gasteiger partial charge in [-0.25, -0.2) is 0 Å². The highest BCUT2D eigenvalue weighted by Gasteiger charge is 2.09. The first kappa shape index (κ1) is 21.3. The number of hydrogen-bond acceptors (Lipinski definition) is 4. The van der Waals surface area contributed by atoms with Gasteiger partial charge in [0, 0.05) is 32.3 Å². The number of ether oxygens (including phenoxy) is 2. The maximum atomic E-state index is 5.91. The molecular formula is C21H31N3O2S. The highest BCUT2D eigenvalue weighted by Crippen LogP contribution is 2.20. The number of thiophene rings is 1. The van der Waals surface area contributed by atoms with Crippen molar-refractivity contribution in [2.45, 2.75) is 33.2 Å². The van der Waals surface area contributed by atoms with Crippen molar-refractivity contribution in [2.75, 3.05) is 33.4 Å². The van der Waals surface area contributed by atoms with Crippen molar-refractivity contribution in [3.63, 3.8) is 0 Å². The van der Waals surface area contributed by atoms with Gasteiger partial charge in [0.2, 0.25) is 0 Å². The van der Waals surface area contributed by atoms with Gasteiger partial charge < -0.3 is 20.1 Å². The van der Waals surface area contributed by atoms with E-state index in [0.29, 0.717) is 32.3 Å². The Bertz CT molecular complexity index is 701. The van der Waals surface area contributed by atoms with Crippen LogP contribution < -0.4 is 15.4 Å². The summed E-state index contributed by atoms with van der Waals surface area (Å²) in [6.07, 6.45) is 0. The second-order valence-corrected chi connectivity index (χ2v) is 7.20. The highest BCUT2D eigenvalue weighted by molar-refractivity contribution is 7.07. The molecular weight excluding hydrogens is 358 g/mol. The van der Waals surface area contributed by atoms with Crippen LogP contribution in [-0.2, 0) is 11.3 Å². The van der Waals surface area contributed by atoms with Gasteiger partial charge in [0.25, 0.3) is 0 Å². The molecule has 0 fully saturated rings. The molecule has 0 amide bonds. The Hall–Kier alpha value is -2.05. The Labute approximate surface area is 166 Å². The summed E-state index contributed by atoms with van der Waals surface area (Å²) in [7, 11) is 1.79. The van der Waals surface area contributed by atoms with Gasteiger partial charge in [-0.3, -0.25) is 4.99 Å². The van der Waals surface area contributed by atoms with Crippen molar-refractivity contribution in [1.29, 1.82) is 0 Å². The molecule has 2 N–H and O–H groups in total. The van der Waals surface area contributed by atoms with Gasteiger partial charge in [0.1, 0.15) is 12.4 Å². The summed E-state index contributed by atoms with van der Waals surface area (Å²) in [5, 5.41) is 11.1. The molecule has 2 rings (SSSR count). The lowest BCUT2D eigenvalue weighted by Crippen LogP contribution is -2.38. The maximum absolute atomic E-state index is 5.91. The molecule has 0 spiro atoms. The third-order valence-electron chi connectivity index (χ3n) is 4.27.